The molecule has 1 rings (SSSR count). The summed E-state index contributed by atoms with van der Waals surface area (Å²) in [6, 6.07) is 4.63. The third-order valence-corrected chi connectivity index (χ3v) is 4.36. The first-order chi connectivity index (χ1) is 8.90. The number of nitrogens with one attached hydrogen (secondary N) is 2. The van der Waals surface area contributed by atoms with Crippen LogP contribution < -0.4 is 15.8 Å². The molecule has 0 atom stereocenters. The van der Waals surface area contributed by atoms with E-state index in [2.05, 4.69) is 21.9 Å². The second-order valence-electron chi connectivity index (χ2n) is 4.28. The summed E-state index contributed by atoms with van der Waals surface area (Å²) in [6.45, 7) is 4.61. The minimum atomic E-state index is -3.44. The van der Waals surface area contributed by atoms with Gasteiger partial charge in [0.05, 0.1) is 16.3 Å². The number of nitrogen functional groups attached to an aromatic ring is 1. The second kappa shape index (κ2) is 6.74. The molecule has 0 aromatic heterocycles. The zero-order valence-corrected chi connectivity index (χ0v) is 12.4. The van der Waals surface area contributed by atoms with E-state index in [0.29, 0.717) is 17.9 Å². The molecule has 0 heterocycles. The highest BCUT2D eigenvalue weighted by atomic mass is 32.2. The van der Waals surface area contributed by atoms with E-state index in [1.54, 1.807) is 12.1 Å². The first-order valence-corrected chi connectivity index (χ1v) is 7.64. The third kappa shape index (κ3) is 4.38. The predicted octanol–water partition coefficient (Wildman–Crippen LogP) is 0.541. The number of sulfonamides is 1. The largest absolute Gasteiger partial charge is 0.397 e. The Hall–Kier alpha value is -1.31. The molecule has 6 nitrogen and oxygen atoms in total. The molecule has 0 unspecified atom stereocenters. The molecule has 0 saturated carbocycles. The quantitative estimate of drug-likeness (QED) is 0.637. The summed E-state index contributed by atoms with van der Waals surface area (Å²) in [5, 5.41) is 3.16. The molecule has 0 spiro atoms. The maximum absolute atomic E-state index is 11.7. The highest BCUT2D eigenvalue weighted by molar-refractivity contribution is 7.89. The summed E-state index contributed by atoms with van der Waals surface area (Å²) >= 11 is 0. The lowest BCUT2D eigenvalue weighted by atomic mass is 10.2. The second-order valence-corrected chi connectivity index (χ2v) is 6.17. The Balaban J connectivity index is 2.81. The fourth-order valence-corrected chi connectivity index (χ4v) is 2.27. The molecule has 108 valence electrons. The van der Waals surface area contributed by atoms with Crippen molar-refractivity contribution < 1.29 is 8.42 Å². The summed E-state index contributed by atoms with van der Waals surface area (Å²) in [4.78, 5) is 2.35. The average Bonchev–Trinajstić information content (AvgIpc) is 2.40. The Bertz CT molecular complexity index is 516. The van der Waals surface area contributed by atoms with E-state index in [9.17, 15) is 8.42 Å². The van der Waals surface area contributed by atoms with E-state index in [1.165, 1.54) is 13.1 Å². The Morgan fingerprint density at radius 2 is 2.05 bits per heavy atom. The molecule has 0 saturated heterocycles. The maximum Gasteiger partial charge on any atom is 0.240 e. The first kappa shape index (κ1) is 15.7. The number of anilines is 2. The van der Waals surface area contributed by atoms with Crippen molar-refractivity contribution in [3.63, 3.8) is 0 Å². The van der Waals surface area contributed by atoms with Crippen molar-refractivity contribution in [1.82, 2.24) is 9.62 Å². The lowest BCUT2D eigenvalue weighted by molar-refractivity contribution is 0.367. The van der Waals surface area contributed by atoms with Crippen LogP contribution in [0.4, 0.5) is 11.4 Å². The Kier molecular flexibility index (Phi) is 5.59. The van der Waals surface area contributed by atoms with Crippen LogP contribution in [0.15, 0.2) is 23.1 Å². The SMILES string of the molecule is CCN(C)CCNc1cc(S(=O)(=O)NC)ccc1N. The van der Waals surface area contributed by atoms with Gasteiger partial charge in [0.2, 0.25) is 10.0 Å². The van der Waals surface area contributed by atoms with Gasteiger partial charge in [-0.25, -0.2) is 13.1 Å². The van der Waals surface area contributed by atoms with Crippen LogP contribution >= 0.6 is 0 Å². The van der Waals surface area contributed by atoms with Crippen molar-refractivity contribution in [1.29, 1.82) is 0 Å². The van der Waals surface area contributed by atoms with Crippen molar-refractivity contribution in [3.05, 3.63) is 18.2 Å². The van der Waals surface area contributed by atoms with Gasteiger partial charge >= 0.3 is 0 Å². The monoisotopic (exact) mass is 286 g/mol. The Labute approximate surface area is 115 Å². The van der Waals surface area contributed by atoms with Crippen LogP contribution in [0.1, 0.15) is 6.92 Å². The van der Waals surface area contributed by atoms with Crippen molar-refractivity contribution >= 4 is 21.4 Å². The average molecular weight is 286 g/mol. The molecule has 0 amide bonds. The Morgan fingerprint density at radius 1 is 1.37 bits per heavy atom. The molecular formula is C12H22N4O2S. The fourth-order valence-electron chi connectivity index (χ4n) is 1.51. The molecule has 1 aromatic rings. The molecule has 1 aromatic carbocycles. The van der Waals surface area contributed by atoms with Crippen LogP contribution in [0, 0.1) is 0 Å². The van der Waals surface area contributed by atoms with E-state index < -0.39 is 10.0 Å². The summed E-state index contributed by atoms with van der Waals surface area (Å²) in [5.41, 5.74) is 7.01. The van der Waals surface area contributed by atoms with Crippen LogP contribution in [0.25, 0.3) is 0 Å². The van der Waals surface area contributed by atoms with Crippen LogP contribution in [-0.4, -0.2) is 47.0 Å². The van der Waals surface area contributed by atoms with Crippen molar-refractivity contribution in [2.24, 2.45) is 0 Å². The van der Waals surface area contributed by atoms with Crippen LogP contribution in [0.2, 0.25) is 0 Å². The number of nitrogens with zero attached hydrogens (tertiary/aromatic N) is 1. The van der Waals surface area contributed by atoms with E-state index in [4.69, 9.17) is 5.73 Å². The molecule has 0 aliphatic carbocycles. The van der Waals surface area contributed by atoms with Gasteiger partial charge in [-0.15, -0.1) is 0 Å². The summed E-state index contributed by atoms with van der Waals surface area (Å²) in [6.07, 6.45) is 0. The molecule has 7 heteroatoms. The van der Waals surface area contributed by atoms with Crippen molar-refractivity contribution in [2.45, 2.75) is 11.8 Å². The van der Waals surface area contributed by atoms with E-state index in [0.717, 1.165) is 13.1 Å². The zero-order valence-electron chi connectivity index (χ0n) is 11.6. The van der Waals surface area contributed by atoms with Crippen LogP contribution in [0.5, 0.6) is 0 Å². The van der Waals surface area contributed by atoms with Gasteiger partial charge in [0, 0.05) is 13.1 Å². The van der Waals surface area contributed by atoms with Crippen molar-refractivity contribution in [2.75, 3.05) is 44.8 Å². The van der Waals surface area contributed by atoms with Crippen molar-refractivity contribution in [3.8, 4) is 0 Å². The minimum Gasteiger partial charge on any atom is -0.397 e. The number of benzene rings is 1. The molecular weight excluding hydrogens is 264 g/mol. The fraction of sp³-hybridized carbons (Fsp3) is 0.500. The molecule has 0 aliphatic rings. The molecule has 0 aliphatic heterocycles. The van der Waals surface area contributed by atoms with Gasteiger partial charge in [0.1, 0.15) is 0 Å². The van der Waals surface area contributed by atoms with Gasteiger partial charge in [-0.2, -0.15) is 0 Å². The number of rotatable bonds is 7. The summed E-state index contributed by atoms with van der Waals surface area (Å²) < 4.78 is 25.7. The van der Waals surface area contributed by atoms with E-state index >= 15 is 0 Å². The van der Waals surface area contributed by atoms with Gasteiger partial charge in [-0.05, 0) is 38.8 Å². The van der Waals surface area contributed by atoms with Gasteiger partial charge < -0.3 is 16.0 Å². The summed E-state index contributed by atoms with van der Waals surface area (Å²) in [7, 11) is -0.0348. The highest BCUT2D eigenvalue weighted by Crippen LogP contribution is 2.22. The molecule has 19 heavy (non-hydrogen) atoms. The highest BCUT2D eigenvalue weighted by Gasteiger charge is 2.12. The van der Waals surface area contributed by atoms with Gasteiger partial charge in [0.15, 0.2) is 0 Å². The van der Waals surface area contributed by atoms with E-state index in [-0.39, 0.29) is 4.90 Å². The van der Waals surface area contributed by atoms with Gasteiger partial charge in [-0.3, -0.25) is 0 Å². The van der Waals surface area contributed by atoms with Crippen LogP contribution in [-0.2, 0) is 10.0 Å². The summed E-state index contributed by atoms with van der Waals surface area (Å²) in [5.74, 6) is 0. The normalized spacial score (nSPS) is 11.8. The zero-order chi connectivity index (χ0) is 14.5. The standard InChI is InChI=1S/C12H22N4O2S/c1-4-16(3)8-7-15-12-9-10(5-6-11(12)13)19(17,18)14-2/h5-6,9,14-15H,4,7-8,13H2,1-3H3. The number of nitrogens with two attached hydrogens (primary N) is 1. The molecule has 0 bridgehead atoms. The van der Waals surface area contributed by atoms with Gasteiger partial charge in [-0.1, -0.05) is 6.92 Å². The number of hydrogen-bond donors (Lipinski definition) is 3. The first-order valence-electron chi connectivity index (χ1n) is 6.16. The maximum atomic E-state index is 11.7. The smallest absolute Gasteiger partial charge is 0.240 e. The minimum absolute atomic E-state index is 0.204. The number of likely N-dealkylation sites (N-methyl/N-ethyl adjacent to an activating group) is 1. The van der Waals surface area contributed by atoms with Gasteiger partial charge in [0.25, 0.3) is 0 Å². The van der Waals surface area contributed by atoms with E-state index in [1.807, 2.05) is 7.05 Å². The Morgan fingerprint density at radius 3 is 2.63 bits per heavy atom. The molecule has 0 radical (unpaired) electrons. The predicted molar refractivity (Wildman–Crippen MR) is 78.8 cm³/mol. The van der Waals surface area contributed by atoms with Crippen LogP contribution in [0.3, 0.4) is 0 Å². The molecule has 0 fully saturated rings. The molecule has 4 N–H and O–H groups in total. The lowest BCUT2D eigenvalue weighted by Crippen LogP contribution is -2.25. The topological polar surface area (TPSA) is 87.5 Å². The third-order valence-electron chi connectivity index (χ3n) is 2.95. The lowest BCUT2D eigenvalue weighted by Gasteiger charge is -2.16. The number of hydrogen-bond acceptors (Lipinski definition) is 5.